The van der Waals surface area contributed by atoms with Gasteiger partial charge in [0.2, 0.25) is 0 Å². The van der Waals surface area contributed by atoms with Crippen molar-refractivity contribution in [2.45, 2.75) is 6.29 Å². The summed E-state index contributed by atoms with van der Waals surface area (Å²) in [7, 11) is 0. The molecular weight excluding hydrogens is 152 g/mol. The van der Waals surface area contributed by atoms with Gasteiger partial charge in [0.15, 0.2) is 0 Å². The number of nitrogens with zero attached hydrogens (tertiary/aromatic N) is 6. The van der Waals surface area contributed by atoms with Gasteiger partial charge in [-0.25, -0.2) is 4.57 Å². The number of azo groups is 1. The molecule has 0 radical (unpaired) electrons. The maximum atomic E-state index is 10.2. The zero-order chi connectivity index (χ0) is 7.84. The number of rotatable bonds is 1. The first-order valence-corrected chi connectivity index (χ1v) is 2.73. The Morgan fingerprint density at radius 2 is 2.55 bits per heavy atom. The molecule has 0 N–H and O–H groups in total. The average Bonchev–Trinajstić information content (AvgIpc) is 2.41. The van der Waals surface area contributed by atoms with Gasteiger partial charge in [-0.1, -0.05) is 5.11 Å². The van der Waals surface area contributed by atoms with E-state index in [1.54, 1.807) is 0 Å². The summed E-state index contributed by atoms with van der Waals surface area (Å²) in [5.41, 5.74) is 0. The maximum absolute atomic E-state index is 10.2. The van der Waals surface area contributed by atoms with E-state index in [0.29, 0.717) is 0 Å². The topological polar surface area (TPSA) is 98.6 Å². The number of hydrogen-bond donors (Lipinski definition) is 0. The Bertz CT molecular complexity index is 328. The highest BCUT2D eigenvalue weighted by atomic mass is 16.6. The number of nitro groups is 1. The fourth-order valence-electron chi connectivity index (χ4n) is 0.774. The van der Waals surface area contributed by atoms with Gasteiger partial charge < -0.3 is 0 Å². The minimum absolute atomic E-state index is 0.173. The molecule has 8 nitrogen and oxygen atoms in total. The molecular formula is C3H2N6O2. The Labute approximate surface area is 59.7 Å². The number of aromatic nitrogens is 3. The highest BCUT2D eigenvalue weighted by Crippen LogP contribution is 2.24. The summed E-state index contributed by atoms with van der Waals surface area (Å²) >= 11 is 0. The van der Waals surface area contributed by atoms with Crippen molar-refractivity contribution in [3.05, 3.63) is 16.4 Å². The first kappa shape index (κ1) is 5.89. The van der Waals surface area contributed by atoms with E-state index >= 15 is 0 Å². The van der Waals surface area contributed by atoms with Crippen molar-refractivity contribution >= 4 is 5.95 Å². The minimum Gasteiger partial charge on any atom is -0.261 e. The molecule has 1 aliphatic rings. The normalized spacial score (nSPS) is 20.2. The fourth-order valence-corrected chi connectivity index (χ4v) is 0.774. The van der Waals surface area contributed by atoms with Crippen molar-refractivity contribution in [1.29, 1.82) is 0 Å². The molecule has 0 fully saturated rings. The molecule has 8 heteroatoms. The van der Waals surface area contributed by atoms with Crippen LogP contribution in [0, 0.1) is 10.1 Å². The van der Waals surface area contributed by atoms with E-state index in [4.69, 9.17) is 0 Å². The molecule has 0 aromatic carbocycles. The Morgan fingerprint density at radius 3 is 3.27 bits per heavy atom. The predicted octanol–water partition coefficient (Wildman–Crippen LogP) is 0.108. The second kappa shape index (κ2) is 1.81. The standard InChI is InChI=1S/C3H2N6O2/c10-9(11)3-7-6-2-5-4-1-8(2)3/h1,3H/t3-/m1/s1. The quantitative estimate of drug-likeness (QED) is 0.423. The van der Waals surface area contributed by atoms with Gasteiger partial charge in [-0.15, -0.1) is 15.3 Å². The predicted molar refractivity (Wildman–Crippen MR) is 30.6 cm³/mol. The summed E-state index contributed by atoms with van der Waals surface area (Å²) in [4.78, 5) is 9.67. The van der Waals surface area contributed by atoms with Crippen LogP contribution in [-0.2, 0) is 0 Å². The van der Waals surface area contributed by atoms with Crippen molar-refractivity contribution in [3.8, 4) is 0 Å². The average molecular weight is 154 g/mol. The maximum Gasteiger partial charge on any atom is 0.409 e. The highest BCUT2D eigenvalue weighted by molar-refractivity contribution is 5.14. The van der Waals surface area contributed by atoms with Crippen LogP contribution in [0.15, 0.2) is 16.6 Å². The van der Waals surface area contributed by atoms with Crippen LogP contribution in [0.2, 0.25) is 0 Å². The monoisotopic (exact) mass is 154 g/mol. The van der Waals surface area contributed by atoms with Crippen LogP contribution < -0.4 is 0 Å². The van der Waals surface area contributed by atoms with Gasteiger partial charge in [0.05, 0.1) is 4.92 Å². The molecule has 1 aromatic heterocycles. The molecule has 2 heterocycles. The first-order valence-electron chi connectivity index (χ1n) is 2.73. The van der Waals surface area contributed by atoms with Crippen molar-refractivity contribution in [1.82, 2.24) is 14.8 Å². The molecule has 0 amide bonds. The van der Waals surface area contributed by atoms with Crippen LogP contribution in [-0.4, -0.2) is 19.7 Å². The summed E-state index contributed by atoms with van der Waals surface area (Å²) in [5, 5.41) is 23.9. The lowest BCUT2D eigenvalue weighted by atomic mass is 10.8. The molecule has 2 rings (SSSR count). The molecule has 56 valence electrons. The molecule has 0 aliphatic carbocycles. The molecule has 0 saturated heterocycles. The van der Waals surface area contributed by atoms with Crippen LogP contribution in [0.25, 0.3) is 0 Å². The third-order valence-electron chi connectivity index (χ3n) is 1.24. The Balaban J connectivity index is 2.46. The Kier molecular flexibility index (Phi) is 0.969. The summed E-state index contributed by atoms with van der Waals surface area (Å²) in [6.45, 7) is 0. The van der Waals surface area contributed by atoms with Gasteiger partial charge in [-0.3, -0.25) is 10.1 Å². The van der Waals surface area contributed by atoms with Crippen molar-refractivity contribution in [3.63, 3.8) is 0 Å². The third kappa shape index (κ3) is 0.687. The van der Waals surface area contributed by atoms with E-state index in [-0.39, 0.29) is 5.95 Å². The molecule has 1 atom stereocenters. The minimum atomic E-state index is -1.18. The number of fused-ring (bicyclic) bond motifs is 1. The van der Waals surface area contributed by atoms with Gasteiger partial charge in [-0.05, 0) is 0 Å². The first-order chi connectivity index (χ1) is 5.29. The molecule has 0 bridgehead atoms. The Morgan fingerprint density at radius 1 is 1.73 bits per heavy atom. The van der Waals surface area contributed by atoms with Gasteiger partial charge in [0, 0.05) is 0 Å². The molecule has 0 saturated carbocycles. The van der Waals surface area contributed by atoms with Gasteiger partial charge in [-0.2, -0.15) is 0 Å². The SMILES string of the molecule is O=[N+]([O-])[C@@H]1N=Nc2nncn21. The fraction of sp³-hybridized carbons (Fsp3) is 0.333. The van der Waals surface area contributed by atoms with E-state index in [0.717, 1.165) is 0 Å². The van der Waals surface area contributed by atoms with Crippen LogP contribution >= 0.6 is 0 Å². The van der Waals surface area contributed by atoms with E-state index in [9.17, 15) is 10.1 Å². The van der Waals surface area contributed by atoms with E-state index in [1.165, 1.54) is 10.9 Å². The summed E-state index contributed by atoms with van der Waals surface area (Å²) in [6, 6.07) is 0. The zero-order valence-corrected chi connectivity index (χ0v) is 5.15. The lowest BCUT2D eigenvalue weighted by Gasteiger charge is -1.96. The summed E-state index contributed by atoms with van der Waals surface area (Å²) < 4.78 is 1.18. The third-order valence-corrected chi connectivity index (χ3v) is 1.24. The van der Waals surface area contributed by atoms with E-state index in [1.807, 2.05) is 0 Å². The summed E-state index contributed by atoms with van der Waals surface area (Å²) in [5.74, 6) is 0.173. The largest absolute Gasteiger partial charge is 0.409 e. The zero-order valence-electron chi connectivity index (χ0n) is 5.15. The van der Waals surface area contributed by atoms with Crippen molar-refractivity contribution < 1.29 is 4.92 Å². The molecule has 0 unspecified atom stereocenters. The van der Waals surface area contributed by atoms with Crippen LogP contribution in [0.3, 0.4) is 0 Å². The van der Waals surface area contributed by atoms with Crippen molar-refractivity contribution in [2.24, 2.45) is 10.2 Å². The van der Waals surface area contributed by atoms with Crippen LogP contribution in [0.1, 0.15) is 6.29 Å². The van der Waals surface area contributed by atoms with Crippen LogP contribution in [0.4, 0.5) is 5.95 Å². The van der Waals surface area contributed by atoms with Gasteiger partial charge >= 0.3 is 6.29 Å². The molecule has 0 spiro atoms. The highest BCUT2D eigenvalue weighted by Gasteiger charge is 2.29. The van der Waals surface area contributed by atoms with Gasteiger partial charge in [0.25, 0.3) is 5.95 Å². The van der Waals surface area contributed by atoms with Crippen molar-refractivity contribution in [2.75, 3.05) is 0 Å². The summed E-state index contributed by atoms with van der Waals surface area (Å²) in [6.07, 6.45) is 0.0444. The second-order valence-electron chi connectivity index (χ2n) is 1.89. The van der Waals surface area contributed by atoms with E-state index < -0.39 is 11.2 Å². The lowest BCUT2D eigenvalue weighted by Crippen LogP contribution is -2.11. The van der Waals surface area contributed by atoms with Gasteiger partial charge in [0.1, 0.15) is 6.33 Å². The molecule has 1 aliphatic heterocycles. The lowest BCUT2D eigenvalue weighted by molar-refractivity contribution is -0.545. The molecule has 1 aromatic rings. The molecule has 11 heavy (non-hydrogen) atoms. The Hall–Kier alpha value is -1.86. The van der Waals surface area contributed by atoms with Crippen LogP contribution in [0.5, 0.6) is 0 Å². The van der Waals surface area contributed by atoms with E-state index in [2.05, 4.69) is 20.4 Å². The second-order valence-corrected chi connectivity index (χ2v) is 1.89. The smallest absolute Gasteiger partial charge is 0.261 e. The number of hydrogen-bond acceptors (Lipinski definition) is 6.